The number of Topliss-reactive ketones (excluding diaryl/α,β-unsaturated/α-hetero) is 1. The first-order valence-electron chi connectivity index (χ1n) is 9.16. The first-order valence-corrected chi connectivity index (χ1v) is 9.16. The fourth-order valence-electron chi connectivity index (χ4n) is 3.78. The summed E-state index contributed by atoms with van der Waals surface area (Å²) >= 11 is 0. The quantitative estimate of drug-likeness (QED) is 0.793. The topological polar surface area (TPSA) is 40.5 Å². The minimum atomic E-state index is -0.165. The molecule has 0 radical (unpaired) electrons. The van der Waals surface area contributed by atoms with Crippen molar-refractivity contribution in [3.63, 3.8) is 0 Å². The van der Waals surface area contributed by atoms with Crippen LogP contribution < -0.4 is 0 Å². The molecule has 1 fully saturated rings. The number of likely N-dealkylation sites (N-methyl/N-ethyl adjacent to an activating group) is 1. The molecule has 1 N–H and O–H groups in total. The Bertz CT molecular complexity index is 701. The van der Waals surface area contributed by atoms with Crippen LogP contribution in [0.4, 0.5) is 0 Å². The van der Waals surface area contributed by atoms with Gasteiger partial charge in [0.15, 0.2) is 0 Å². The first kappa shape index (κ1) is 19.9. The molecule has 1 saturated carbocycles. The number of aromatic hydroxyl groups is 1. The minimum Gasteiger partial charge on any atom is -0.508 e. The number of phenols is 1. The molecule has 0 saturated heterocycles. The number of carbonyl (C=O) groups excluding carboxylic acids is 1. The highest BCUT2D eigenvalue weighted by molar-refractivity contribution is 5.79. The molecule has 0 unspecified atom stereocenters. The van der Waals surface area contributed by atoms with Crippen molar-refractivity contribution in [3.05, 3.63) is 78.9 Å². The molecule has 1 aliphatic carbocycles. The Hall–Kier alpha value is -2.39. The third-order valence-corrected chi connectivity index (χ3v) is 5.33. The van der Waals surface area contributed by atoms with E-state index in [1.807, 2.05) is 18.2 Å². The van der Waals surface area contributed by atoms with Crippen LogP contribution in [0.2, 0.25) is 0 Å². The van der Waals surface area contributed by atoms with Gasteiger partial charge in [-0.15, -0.1) is 13.2 Å². The van der Waals surface area contributed by atoms with Gasteiger partial charge < -0.3 is 5.11 Å². The molecule has 2 aromatic rings. The van der Waals surface area contributed by atoms with E-state index in [9.17, 15) is 9.90 Å². The molecule has 0 bridgehead atoms. The van der Waals surface area contributed by atoms with Gasteiger partial charge in [-0.3, -0.25) is 9.69 Å². The molecule has 26 heavy (non-hydrogen) atoms. The molecule has 138 valence electrons. The van der Waals surface area contributed by atoms with E-state index in [-0.39, 0.29) is 5.54 Å². The summed E-state index contributed by atoms with van der Waals surface area (Å²) in [5.74, 6) is 0.641. The summed E-state index contributed by atoms with van der Waals surface area (Å²) in [7, 11) is 2.14. The average Bonchev–Trinajstić information content (AvgIpc) is 2.69. The van der Waals surface area contributed by atoms with Gasteiger partial charge in [-0.25, -0.2) is 0 Å². The fourth-order valence-corrected chi connectivity index (χ4v) is 3.78. The fraction of sp³-hybridized carbons (Fsp3) is 0.348. The number of nitrogens with zero attached hydrogens (tertiary/aromatic N) is 1. The Kier molecular flexibility index (Phi) is 7.16. The summed E-state index contributed by atoms with van der Waals surface area (Å²) in [5, 5.41) is 9.91. The monoisotopic (exact) mass is 351 g/mol. The molecule has 2 aromatic carbocycles. The van der Waals surface area contributed by atoms with Crippen LogP contribution in [0.5, 0.6) is 5.75 Å². The number of carbonyl (C=O) groups is 1. The number of rotatable bonds is 5. The summed E-state index contributed by atoms with van der Waals surface area (Å²) in [4.78, 5) is 14.2. The molecule has 1 aliphatic rings. The molecule has 0 amide bonds. The molecular weight excluding hydrogens is 322 g/mol. The lowest BCUT2D eigenvalue weighted by molar-refractivity contribution is -0.123. The van der Waals surface area contributed by atoms with E-state index in [0.717, 1.165) is 31.4 Å². The number of ketones is 1. The molecule has 3 heteroatoms. The highest BCUT2D eigenvalue weighted by atomic mass is 16.3. The Morgan fingerprint density at radius 3 is 2.31 bits per heavy atom. The van der Waals surface area contributed by atoms with Gasteiger partial charge in [0.25, 0.3) is 0 Å². The van der Waals surface area contributed by atoms with Crippen molar-refractivity contribution in [2.45, 2.75) is 37.6 Å². The van der Waals surface area contributed by atoms with Crippen molar-refractivity contribution in [1.29, 1.82) is 0 Å². The van der Waals surface area contributed by atoms with Crippen LogP contribution in [0, 0.1) is 0 Å². The highest BCUT2D eigenvalue weighted by Gasteiger charge is 2.39. The van der Waals surface area contributed by atoms with E-state index in [1.165, 1.54) is 5.56 Å². The number of hydrogen-bond donors (Lipinski definition) is 1. The van der Waals surface area contributed by atoms with Crippen molar-refractivity contribution < 1.29 is 9.90 Å². The van der Waals surface area contributed by atoms with Crippen molar-refractivity contribution >= 4 is 5.78 Å². The lowest BCUT2D eigenvalue weighted by atomic mass is 9.75. The van der Waals surface area contributed by atoms with E-state index in [0.29, 0.717) is 24.4 Å². The molecule has 0 spiro atoms. The Balaban J connectivity index is 0.00000117. The van der Waals surface area contributed by atoms with Gasteiger partial charge in [-0.1, -0.05) is 42.5 Å². The molecule has 0 aliphatic heterocycles. The molecule has 3 nitrogen and oxygen atoms in total. The van der Waals surface area contributed by atoms with Crippen molar-refractivity contribution in [2.75, 3.05) is 13.6 Å². The summed E-state index contributed by atoms with van der Waals surface area (Å²) in [6.45, 7) is 6.92. The maximum atomic E-state index is 11.8. The summed E-state index contributed by atoms with van der Waals surface area (Å²) in [6, 6.07) is 18.0. The minimum absolute atomic E-state index is 0.165. The van der Waals surface area contributed by atoms with E-state index in [4.69, 9.17) is 0 Å². The molecular formula is C23H29NO2. The van der Waals surface area contributed by atoms with E-state index in [2.05, 4.69) is 55.4 Å². The number of phenolic OH excluding ortho intramolecular Hbond substituents is 1. The zero-order valence-corrected chi connectivity index (χ0v) is 15.7. The smallest absolute Gasteiger partial charge is 0.133 e. The van der Waals surface area contributed by atoms with Gasteiger partial charge in [-0.2, -0.15) is 0 Å². The SMILES string of the molecule is C=C.CN(CCc1ccccc1)C1(c2cccc(O)c2)CCC(=O)CC1. The second-order valence-corrected chi connectivity index (χ2v) is 6.78. The van der Waals surface area contributed by atoms with Gasteiger partial charge in [0.2, 0.25) is 0 Å². The average molecular weight is 351 g/mol. The Morgan fingerprint density at radius 2 is 1.69 bits per heavy atom. The van der Waals surface area contributed by atoms with Gasteiger partial charge in [0, 0.05) is 24.9 Å². The lowest BCUT2D eigenvalue weighted by Crippen LogP contribution is -2.47. The summed E-state index contributed by atoms with van der Waals surface area (Å²) in [6.07, 6.45) is 3.85. The van der Waals surface area contributed by atoms with E-state index in [1.54, 1.807) is 6.07 Å². The third kappa shape index (κ3) is 4.61. The molecule has 0 heterocycles. The Morgan fingerprint density at radius 1 is 1.04 bits per heavy atom. The number of hydrogen-bond acceptors (Lipinski definition) is 3. The van der Waals surface area contributed by atoms with Crippen molar-refractivity contribution in [2.24, 2.45) is 0 Å². The maximum absolute atomic E-state index is 11.8. The third-order valence-electron chi connectivity index (χ3n) is 5.33. The first-order chi connectivity index (χ1) is 12.6. The predicted molar refractivity (Wildman–Crippen MR) is 107 cm³/mol. The second-order valence-electron chi connectivity index (χ2n) is 6.78. The van der Waals surface area contributed by atoms with Crippen LogP contribution >= 0.6 is 0 Å². The van der Waals surface area contributed by atoms with Crippen molar-refractivity contribution in [1.82, 2.24) is 4.90 Å². The zero-order valence-electron chi connectivity index (χ0n) is 15.7. The maximum Gasteiger partial charge on any atom is 0.133 e. The lowest BCUT2D eigenvalue weighted by Gasteiger charge is -2.45. The standard InChI is InChI=1S/C21H25NO2.C2H4/c1-22(15-12-17-6-3-2-4-7-17)21(13-10-19(23)11-14-21)18-8-5-9-20(24)16-18;1-2/h2-9,16,24H,10-15H2,1H3;1-2H2. The van der Waals surface area contributed by atoms with Gasteiger partial charge in [0.1, 0.15) is 11.5 Å². The van der Waals surface area contributed by atoms with Crippen molar-refractivity contribution in [3.8, 4) is 5.75 Å². The van der Waals surface area contributed by atoms with Crippen LogP contribution in [0.1, 0.15) is 36.8 Å². The summed E-state index contributed by atoms with van der Waals surface area (Å²) < 4.78 is 0. The van der Waals surface area contributed by atoms with Crippen LogP contribution in [0.15, 0.2) is 67.8 Å². The van der Waals surface area contributed by atoms with Crippen LogP contribution in [-0.4, -0.2) is 29.4 Å². The zero-order chi connectivity index (χ0) is 19.0. The van der Waals surface area contributed by atoms with E-state index < -0.39 is 0 Å². The van der Waals surface area contributed by atoms with Gasteiger partial charge >= 0.3 is 0 Å². The van der Waals surface area contributed by atoms with Crippen LogP contribution in [0.25, 0.3) is 0 Å². The van der Waals surface area contributed by atoms with Gasteiger partial charge in [0.05, 0.1) is 0 Å². The largest absolute Gasteiger partial charge is 0.508 e. The molecule has 0 atom stereocenters. The summed E-state index contributed by atoms with van der Waals surface area (Å²) in [5.41, 5.74) is 2.27. The highest BCUT2D eigenvalue weighted by Crippen LogP contribution is 2.41. The van der Waals surface area contributed by atoms with E-state index >= 15 is 0 Å². The normalized spacial score (nSPS) is 16.0. The second kappa shape index (κ2) is 9.35. The van der Waals surface area contributed by atoms with Gasteiger partial charge in [-0.05, 0) is 49.6 Å². The molecule has 3 rings (SSSR count). The predicted octanol–water partition coefficient (Wildman–Crippen LogP) is 4.71. The van der Waals surface area contributed by atoms with Crippen LogP contribution in [-0.2, 0) is 16.8 Å². The van der Waals surface area contributed by atoms with Crippen LogP contribution in [0.3, 0.4) is 0 Å². The molecule has 0 aromatic heterocycles. The Labute approximate surface area is 157 Å². The number of benzene rings is 2.